The van der Waals surface area contributed by atoms with Crippen molar-refractivity contribution >= 4 is 0 Å². The monoisotopic (exact) mass is 209 g/mol. The first-order chi connectivity index (χ1) is 6.46. The van der Waals surface area contributed by atoms with Gasteiger partial charge in [0.2, 0.25) is 0 Å². The molecule has 1 saturated heterocycles. The SMILES string of the molecule is C=C(OC)C1CCNCC1C(F)(F)F. The molecule has 0 spiro atoms. The van der Waals surface area contributed by atoms with E-state index in [9.17, 15) is 13.2 Å². The maximum atomic E-state index is 12.6. The number of halogens is 3. The van der Waals surface area contributed by atoms with E-state index in [0.717, 1.165) is 0 Å². The molecule has 0 amide bonds. The maximum Gasteiger partial charge on any atom is 0.393 e. The summed E-state index contributed by atoms with van der Waals surface area (Å²) in [5.74, 6) is -1.75. The molecular weight excluding hydrogens is 195 g/mol. The van der Waals surface area contributed by atoms with Crippen LogP contribution in [0.2, 0.25) is 0 Å². The van der Waals surface area contributed by atoms with Crippen LogP contribution in [0.4, 0.5) is 13.2 Å². The summed E-state index contributed by atoms with van der Waals surface area (Å²) in [6, 6.07) is 0. The van der Waals surface area contributed by atoms with Gasteiger partial charge in [-0.15, -0.1) is 0 Å². The Morgan fingerprint density at radius 1 is 1.50 bits per heavy atom. The minimum Gasteiger partial charge on any atom is -0.501 e. The second kappa shape index (κ2) is 4.21. The molecule has 0 aromatic carbocycles. The zero-order valence-corrected chi connectivity index (χ0v) is 8.03. The smallest absolute Gasteiger partial charge is 0.393 e. The first kappa shape index (κ1) is 11.4. The quantitative estimate of drug-likeness (QED) is 0.702. The van der Waals surface area contributed by atoms with Gasteiger partial charge in [-0.1, -0.05) is 6.58 Å². The molecule has 0 aromatic rings. The number of rotatable bonds is 2. The summed E-state index contributed by atoms with van der Waals surface area (Å²) in [5, 5.41) is 2.73. The first-order valence-corrected chi connectivity index (χ1v) is 4.47. The summed E-state index contributed by atoms with van der Waals surface area (Å²) in [7, 11) is 1.36. The van der Waals surface area contributed by atoms with Crippen LogP contribution in [0.15, 0.2) is 12.3 Å². The Morgan fingerprint density at radius 2 is 2.14 bits per heavy atom. The van der Waals surface area contributed by atoms with Crippen LogP contribution in [0.25, 0.3) is 0 Å². The van der Waals surface area contributed by atoms with Crippen molar-refractivity contribution in [2.24, 2.45) is 11.8 Å². The van der Waals surface area contributed by atoms with Crippen LogP contribution in [0.3, 0.4) is 0 Å². The summed E-state index contributed by atoms with van der Waals surface area (Å²) in [4.78, 5) is 0. The van der Waals surface area contributed by atoms with Crippen molar-refractivity contribution in [3.05, 3.63) is 12.3 Å². The van der Waals surface area contributed by atoms with Crippen molar-refractivity contribution in [3.63, 3.8) is 0 Å². The van der Waals surface area contributed by atoms with Crippen LogP contribution in [0.1, 0.15) is 6.42 Å². The number of allylic oxidation sites excluding steroid dienone is 1. The van der Waals surface area contributed by atoms with Gasteiger partial charge < -0.3 is 10.1 Å². The second-order valence-electron chi connectivity index (χ2n) is 3.42. The molecule has 2 unspecified atom stereocenters. The third-order valence-corrected chi connectivity index (χ3v) is 2.58. The molecule has 82 valence electrons. The van der Waals surface area contributed by atoms with E-state index in [-0.39, 0.29) is 12.3 Å². The molecular formula is C9H14F3NO. The molecule has 0 aromatic heterocycles. The predicted molar refractivity (Wildman–Crippen MR) is 46.7 cm³/mol. The van der Waals surface area contributed by atoms with Crippen molar-refractivity contribution in [2.75, 3.05) is 20.2 Å². The van der Waals surface area contributed by atoms with Crippen LogP contribution in [-0.4, -0.2) is 26.4 Å². The van der Waals surface area contributed by atoms with Crippen LogP contribution in [0.5, 0.6) is 0 Å². The lowest BCUT2D eigenvalue weighted by atomic mass is 9.85. The van der Waals surface area contributed by atoms with E-state index in [1.54, 1.807) is 0 Å². The van der Waals surface area contributed by atoms with Gasteiger partial charge >= 0.3 is 6.18 Å². The van der Waals surface area contributed by atoms with Gasteiger partial charge in [-0.3, -0.25) is 0 Å². The molecule has 1 aliphatic heterocycles. The van der Waals surface area contributed by atoms with Crippen molar-refractivity contribution in [1.29, 1.82) is 0 Å². The van der Waals surface area contributed by atoms with E-state index < -0.39 is 18.0 Å². The molecule has 2 atom stereocenters. The normalized spacial score (nSPS) is 28.6. The third kappa shape index (κ3) is 2.41. The fourth-order valence-electron chi connectivity index (χ4n) is 1.74. The van der Waals surface area contributed by atoms with Gasteiger partial charge in [0, 0.05) is 12.5 Å². The molecule has 1 rings (SSSR count). The van der Waals surface area contributed by atoms with Crippen LogP contribution in [0, 0.1) is 11.8 Å². The minimum absolute atomic E-state index is 0.0451. The lowest BCUT2D eigenvalue weighted by molar-refractivity contribution is -0.191. The Labute approximate surface area is 81.1 Å². The van der Waals surface area contributed by atoms with Gasteiger partial charge in [0.15, 0.2) is 0 Å². The average molecular weight is 209 g/mol. The van der Waals surface area contributed by atoms with E-state index in [1.807, 2.05) is 0 Å². The molecule has 1 N–H and O–H groups in total. The summed E-state index contributed by atoms with van der Waals surface area (Å²) < 4.78 is 42.4. The van der Waals surface area contributed by atoms with Gasteiger partial charge in [-0.25, -0.2) is 0 Å². The summed E-state index contributed by atoms with van der Waals surface area (Å²) in [5.41, 5.74) is 0. The fourth-order valence-corrected chi connectivity index (χ4v) is 1.74. The molecule has 1 heterocycles. The predicted octanol–water partition coefficient (Wildman–Crippen LogP) is 1.93. The topological polar surface area (TPSA) is 21.3 Å². The van der Waals surface area contributed by atoms with Crippen molar-refractivity contribution in [2.45, 2.75) is 12.6 Å². The second-order valence-corrected chi connectivity index (χ2v) is 3.42. The van der Waals surface area contributed by atoms with E-state index in [4.69, 9.17) is 4.74 Å². The lowest BCUT2D eigenvalue weighted by Crippen LogP contribution is -2.45. The number of hydrogen-bond acceptors (Lipinski definition) is 2. The number of nitrogens with one attached hydrogen (secondary N) is 1. The highest BCUT2D eigenvalue weighted by Crippen LogP contribution is 2.38. The van der Waals surface area contributed by atoms with Crippen LogP contribution >= 0.6 is 0 Å². The Balaban J connectivity index is 2.74. The summed E-state index contributed by atoms with van der Waals surface area (Å²) >= 11 is 0. The minimum atomic E-state index is -4.18. The molecule has 0 aliphatic carbocycles. The molecule has 5 heteroatoms. The van der Waals surface area contributed by atoms with Gasteiger partial charge in [-0.05, 0) is 13.0 Å². The molecule has 1 aliphatic rings. The molecule has 14 heavy (non-hydrogen) atoms. The maximum absolute atomic E-state index is 12.6. The Bertz CT molecular complexity index is 215. The zero-order chi connectivity index (χ0) is 10.8. The molecule has 0 bridgehead atoms. The standard InChI is InChI=1S/C9H14F3NO/c1-6(14-2)7-3-4-13-5-8(7)9(10,11)12/h7-8,13H,1,3-5H2,2H3. The number of ether oxygens (including phenoxy) is 1. The van der Waals surface area contributed by atoms with E-state index >= 15 is 0 Å². The van der Waals surface area contributed by atoms with Crippen molar-refractivity contribution in [1.82, 2.24) is 5.32 Å². The van der Waals surface area contributed by atoms with Crippen molar-refractivity contribution in [3.8, 4) is 0 Å². The van der Waals surface area contributed by atoms with E-state index in [1.165, 1.54) is 7.11 Å². The number of piperidine rings is 1. The van der Waals surface area contributed by atoms with E-state index in [0.29, 0.717) is 13.0 Å². The van der Waals surface area contributed by atoms with E-state index in [2.05, 4.69) is 11.9 Å². The number of alkyl halides is 3. The molecule has 0 saturated carbocycles. The van der Waals surface area contributed by atoms with Crippen LogP contribution in [-0.2, 0) is 4.74 Å². The Hall–Kier alpha value is -0.710. The molecule has 2 nitrogen and oxygen atoms in total. The highest BCUT2D eigenvalue weighted by atomic mass is 19.4. The van der Waals surface area contributed by atoms with Gasteiger partial charge in [0.1, 0.15) is 0 Å². The Kier molecular flexibility index (Phi) is 3.42. The average Bonchev–Trinajstić information content (AvgIpc) is 2.15. The van der Waals surface area contributed by atoms with Crippen LogP contribution < -0.4 is 5.32 Å². The lowest BCUT2D eigenvalue weighted by Gasteiger charge is -2.33. The molecule has 1 fully saturated rings. The highest BCUT2D eigenvalue weighted by molar-refractivity contribution is 4.99. The van der Waals surface area contributed by atoms with Gasteiger partial charge in [0.25, 0.3) is 0 Å². The number of methoxy groups -OCH3 is 1. The third-order valence-electron chi connectivity index (χ3n) is 2.58. The summed E-state index contributed by atoms with van der Waals surface area (Å²) in [6.07, 6.45) is -3.75. The zero-order valence-electron chi connectivity index (χ0n) is 8.03. The number of hydrogen-bond donors (Lipinski definition) is 1. The Morgan fingerprint density at radius 3 is 2.64 bits per heavy atom. The largest absolute Gasteiger partial charge is 0.501 e. The van der Waals surface area contributed by atoms with Gasteiger partial charge in [0.05, 0.1) is 18.8 Å². The summed E-state index contributed by atoms with van der Waals surface area (Å²) in [6.45, 7) is 4.05. The fraction of sp³-hybridized carbons (Fsp3) is 0.778. The van der Waals surface area contributed by atoms with Gasteiger partial charge in [-0.2, -0.15) is 13.2 Å². The highest BCUT2D eigenvalue weighted by Gasteiger charge is 2.46. The molecule has 0 radical (unpaired) electrons. The first-order valence-electron chi connectivity index (χ1n) is 4.47. The van der Waals surface area contributed by atoms with Crippen molar-refractivity contribution < 1.29 is 17.9 Å².